The number of thioether (sulfide) groups is 1. The monoisotopic (exact) mass is 257 g/mol. The van der Waals surface area contributed by atoms with E-state index in [9.17, 15) is 4.79 Å². The van der Waals surface area contributed by atoms with E-state index in [-0.39, 0.29) is 11.9 Å². The second kappa shape index (κ2) is 7.29. The summed E-state index contributed by atoms with van der Waals surface area (Å²) in [6, 6.07) is 0.178. The molecule has 0 aliphatic rings. The minimum absolute atomic E-state index is 0.172. The van der Waals surface area contributed by atoms with Gasteiger partial charge < -0.3 is 11.1 Å². The maximum Gasteiger partial charge on any atom is 0.273 e. The summed E-state index contributed by atoms with van der Waals surface area (Å²) in [5.74, 6) is 0.730. The molecule has 0 aliphatic heterocycles. The van der Waals surface area contributed by atoms with Gasteiger partial charge in [0.2, 0.25) is 0 Å². The SMILES string of the molecule is CCC(CSC)NC(=O)c1cn(CCN)nn1. The third-order valence-corrected chi connectivity index (χ3v) is 3.06. The van der Waals surface area contributed by atoms with Crippen molar-refractivity contribution in [3.8, 4) is 0 Å². The van der Waals surface area contributed by atoms with Crippen molar-refractivity contribution in [2.75, 3.05) is 18.6 Å². The van der Waals surface area contributed by atoms with Crippen LogP contribution in [0.5, 0.6) is 0 Å². The number of aromatic nitrogens is 3. The van der Waals surface area contributed by atoms with Gasteiger partial charge in [-0.15, -0.1) is 5.10 Å². The van der Waals surface area contributed by atoms with Crippen molar-refractivity contribution in [2.45, 2.75) is 25.9 Å². The lowest BCUT2D eigenvalue weighted by Crippen LogP contribution is -2.36. The predicted molar refractivity (Wildman–Crippen MR) is 69.0 cm³/mol. The van der Waals surface area contributed by atoms with Crippen LogP contribution in [0.25, 0.3) is 0 Å². The molecule has 0 bridgehead atoms. The number of nitrogens with one attached hydrogen (secondary N) is 1. The maximum atomic E-state index is 11.8. The third kappa shape index (κ3) is 4.35. The zero-order chi connectivity index (χ0) is 12.7. The average molecular weight is 257 g/mol. The molecule has 1 atom stereocenters. The molecule has 0 aromatic carbocycles. The highest BCUT2D eigenvalue weighted by Crippen LogP contribution is 2.02. The topological polar surface area (TPSA) is 85.8 Å². The molecule has 17 heavy (non-hydrogen) atoms. The van der Waals surface area contributed by atoms with Crippen LogP contribution in [-0.4, -0.2) is 45.5 Å². The fourth-order valence-electron chi connectivity index (χ4n) is 1.37. The third-order valence-electron chi connectivity index (χ3n) is 2.33. The zero-order valence-electron chi connectivity index (χ0n) is 10.2. The van der Waals surface area contributed by atoms with Crippen LogP contribution in [0.1, 0.15) is 23.8 Å². The zero-order valence-corrected chi connectivity index (χ0v) is 11.0. The molecule has 6 nitrogen and oxygen atoms in total. The van der Waals surface area contributed by atoms with Crippen LogP contribution in [0.15, 0.2) is 6.20 Å². The van der Waals surface area contributed by atoms with Crippen LogP contribution in [-0.2, 0) is 6.54 Å². The van der Waals surface area contributed by atoms with Gasteiger partial charge in [0.1, 0.15) is 0 Å². The first kappa shape index (κ1) is 14.0. The fraction of sp³-hybridized carbons (Fsp3) is 0.700. The van der Waals surface area contributed by atoms with Crippen LogP contribution >= 0.6 is 11.8 Å². The van der Waals surface area contributed by atoms with E-state index < -0.39 is 0 Å². The number of carbonyl (C=O) groups excluding carboxylic acids is 1. The molecule has 7 heteroatoms. The summed E-state index contributed by atoms with van der Waals surface area (Å²) in [5, 5.41) is 10.6. The Labute approximate surface area is 105 Å². The lowest BCUT2D eigenvalue weighted by Gasteiger charge is -2.14. The molecule has 1 aromatic rings. The van der Waals surface area contributed by atoms with Gasteiger partial charge in [-0.2, -0.15) is 11.8 Å². The Morgan fingerprint density at radius 2 is 2.47 bits per heavy atom. The smallest absolute Gasteiger partial charge is 0.273 e. The van der Waals surface area contributed by atoms with E-state index in [1.54, 1.807) is 22.6 Å². The van der Waals surface area contributed by atoms with Gasteiger partial charge in [0.25, 0.3) is 5.91 Å². The summed E-state index contributed by atoms with van der Waals surface area (Å²) in [7, 11) is 0. The molecule has 1 amide bonds. The molecule has 1 unspecified atom stereocenters. The first-order valence-electron chi connectivity index (χ1n) is 5.61. The quantitative estimate of drug-likeness (QED) is 0.724. The number of nitrogens with two attached hydrogens (primary N) is 1. The van der Waals surface area contributed by atoms with Gasteiger partial charge in [-0.1, -0.05) is 12.1 Å². The molecule has 0 saturated carbocycles. The molecule has 1 aromatic heterocycles. The largest absolute Gasteiger partial charge is 0.347 e. The Morgan fingerprint density at radius 1 is 1.71 bits per heavy atom. The molecule has 0 saturated heterocycles. The average Bonchev–Trinajstić information content (AvgIpc) is 2.77. The summed E-state index contributed by atoms with van der Waals surface area (Å²) >= 11 is 1.71. The lowest BCUT2D eigenvalue weighted by atomic mass is 10.2. The van der Waals surface area contributed by atoms with E-state index in [2.05, 4.69) is 15.6 Å². The minimum atomic E-state index is -0.172. The second-order valence-corrected chi connectivity index (χ2v) is 4.60. The number of amides is 1. The number of hydrogen-bond acceptors (Lipinski definition) is 5. The highest BCUT2D eigenvalue weighted by molar-refractivity contribution is 7.98. The molecule has 0 radical (unpaired) electrons. The van der Waals surface area contributed by atoms with Crippen molar-refractivity contribution in [2.24, 2.45) is 5.73 Å². The van der Waals surface area contributed by atoms with Crippen molar-refractivity contribution in [3.05, 3.63) is 11.9 Å². The Balaban J connectivity index is 2.55. The summed E-state index contributed by atoms with van der Waals surface area (Å²) in [6.07, 6.45) is 4.55. The predicted octanol–water partition coefficient (Wildman–Crippen LogP) is 0.108. The Hall–Kier alpha value is -1.08. The van der Waals surface area contributed by atoms with Crippen molar-refractivity contribution in [1.82, 2.24) is 20.3 Å². The van der Waals surface area contributed by atoms with E-state index in [0.29, 0.717) is 18.8 Å². The van der Waals surface area contributed by atoms with Crippen LogP contribution in [0, 0.1) is 0 Å². The Kier molecular flexibility index (Phi) is 5.99. The molecule has 1 heterocycles. The molecule has 0 spiro atoms. The molecular formula is C10H19N5OS. The van der Waals surface area contributed by atoms with E-state index in [1.807, 2.05) is 13.2 Å². The minimum Gasteiger partial charge on any atom is -0.347 e. The Morgan fingerprint density at radius 3 is 3.06 bits per heavy atom. The Bertz CT molecular complexity index is 354. The van der Waals surface area contributed by atoms with Gasteiger partial charge in [-0.3, -0.25) is 9.48 Å². The fourth-order valence-corrected chi connectivity index (χ4v) is 2.09. The van der Waals surface area contributed by atoms with Gasteiger partial charge in [0.15, 0.2) is 5.69 Å². The number of carbonyl (C=O) groups is 1. The van der Waals surface area contributed by atoms with Gasteiger partial charge >= 0.3 is 0 Å². The van der Waals surface area contributed by atoms with E-state index in [0.717, 1.165) is 12.2 Å². The molecule has 3 N–H and O–H groups in total. The molecule has 0 aliphatic carbocycles. The van der Waals surface area contributed by atoms with Crippen molar-refractivity contribution < 1.29 is 4.79 Å². The van der Waals surface area contributed by atoms with Crippen molar-refractivity contribution in [1.29, 1.82) is 0 Å². The number of nitrogens with zero attached hydrogens (tertiary/aromatic N) is 3. The molecule has 96 valence electrons. The van der Waals surface area contributed by atoms with Crippen LogP contribution in [0.4, 0.5) is 0 Å². The molecule has 1 rings (SSSR count). The van der Waals surface area contributed by atoms with E-state index >= 15 is 0 Å². The highest BCUT2D eigenvalue weighted by atomic mass is 32.2. The summed E-state index contributed by atoms with van der Waals surface area (Å²) < 4.78 is 1.57. The summed E-state index contributed by atoms with van der Waals surface area (Å²) in [5.41, 5.74) is 5.74. The maximum absolute atomic E-state index is 11.8. The van der Waals surface area contributed by atoms with Gasteiger partial charge in [-0.25, -0.2) is 0 Å². The van der Waals surface area contributed by atoms with Crippen LogP contribution < -0.4 is 11.1 Å². The normalized spacial score (nSPS) is 12.4. The number of rotatable bonds is 7. The summed E-state index contributed by atoms with van der Waals surface area (Å²) in [6.45, 7) is 3.10. The van der Waals surface area contributed by atoms with Gasteiger partial charge in [0.05, 0.1) is 12.7 Å². The standard InChI is InChI=1S/C10H19N5OS/c1-3-8(7-17-2)12-10(16)9-6-15(5-4-11)14-13-9/h6,8H,3-5,7,11H2,1-2H3,(H,12,16). The van der Waals surface area contributed by atoms with Gasteiger partial charge in [0, 0.05) is 18.3 Å². The second-order valence-electron chi connectivity index (χ2n) is 3.69. The first-order valence-corrected chi connectivity index (χ1v) is 7.00. The summed E-state index contributed by atoms with van der Waals surface area (Å²) in [4.78, 5) is 11.8. The van der Waals surface area contributed by atoms with Crippen LogP contribution in [0.2, 0.25) is 0 Å². The lowest BCUT2D eigenvalue weighted by molar-refractivity contribution is 0.0935. The van der Waals surface area contributed by atoms with Crippen molar-refractivity contribution >= 4 is 17.7 Å². The van der Waals surface area contributed by atoms with Gasteiger partial charge in [-0.05, 0) is 12.7 Å². The molecular weight excluding hydrogens is 238 g/mol. The first-order chi connectivity index (χ1) is 8.21. The van der Waals surface area contributed by atoms with Crippen molar-refractivity contribution in [3.63, 3.8) is 0 Å². The van der Waals surface area contributed by atoms with E-state index in [1.165, 1.54) is 0 Å². The number of hydrogen-bond donors (Lipinski definition) is 2. The van der Waals surface area contributed by atoms with E-state index in [4.69, 9.17) is 5.73 Å². The van der Waals surface area contributed by atoms with Crippen LogP contribution in [0.3, 0.4) is 0 Å². The highest BCUT2D eigenvalue weighted by Gasteiger charge is 2.14. The molecule has 0 fully saturated rings.